The topological polar surface area (TPSA) is 73.6 Å². The van der Waals surface area contributed by atoms with Gasteiger partial charge in [0.2, 0.25) is 0 Å². The van der Waals surface area contributed by atoms with Gasteiger partial charge in [0.05, 0.1) is 6.54 Å². The van der Waals surface area contributed by atoms with Gasteiger partial charge in [-0.1, -0.05) is 17.7 Å². The molecule has 1 amide bonds. The number of hydrogen-bond acceptors (Lipinski definition) is 4. The Morgan fingerprint density at radius 2 is 2.41 bits per heavy atom. The quantitative estimate of drug-likeness (QED) is 0.816. The molecule has 2 rings (SSSR count). The third-order valence-electron chi connectivity index (χ3n) is 2.61. The van der Waals surface area contributed by atoms with Gasteiger partial charge in [-0.25, -0.2) is 4.79 Å². The molecule has 5 nitrogen and oxygen atoms in total. The van der Waals surface area contributed by atoms with E-state index in [-0.39, 0.29) is 12.2 Å². The van der Waals surface area contributed by atoms with Gasteiger partial charge < -0.3 is 20.5 Å². The van der Waals surface area contributed by atoms with Crippen molar-refractivity contribution in [2.24, 2.45) is 5.73 Å². The zero-order chi connectivity index (χ0) is 12.3. The summed E-state index contributed by atoms with van der Waals surface area (Å²) in [6.07, 6.45) is -0.615. The van der Waals surface area contributed by atoms with Gasteiger partial charge in [-0.2, -0.15) is 0 Å². The Morgan fingerprint density at radius 3 is 3.06 bits per heavy atom. The zero-order valence-corrected chi connectivity index (χ0v) is 9.73. The zero-order valence-electron chi connectivity index (χ0n) is 9.73. The molecule has 92 valence electrons. The lowest BCUT2D eigenvalue weighted by Gasteiger charge is -2.13. The van der Waals surface area contributed by atoms with E-state index in [4.69, 9.17) is 15.2 Å². The first-order chi connectivity index (χ1) is 8.19. The maximum Gasteiger partial charge on any atom is 0.407 e. The molecule has 1 fully saturated rings. The minimum absolute atomic E-state index is 0.227. The monoisotopic (exact) mass is 236 g/mol. The van der Waals surface area contributed by atoms with Crippen LogP contribution in [0, 0.1) is 6.92 Å². The minimum Gasteiger partial charge on any atom is -0.489 e. The van der Waals surface area contributed by atoms with Gasteiger partial charge in [0.25, 0.3) is 0 Å². The van der Waals surface area contributed by atoms with Crippen LogP contribution in [0.1, 0.15) is 11.1 Å². The summed E-state index contributed by atoms with van der Waals surface area (Å²) in [5, 5.41) is 2.58. The summed E-state index contributed by atoms with van der Waals surface area (Å²) in [6.45, 7) is 3.27. The van der Waals surface area contributed by atoms with Crippen molar-refractivity contribution in [2.45, 2.75) is 19.6 Å². The summed E-state index contributed by atoms with van der Waals surface area (Å²) in [7, 11) is 0. The number of amides is 1. The first-order valence-corrected chi connectivity index (χ1v) is 5.56. The van der Waals surface area contributed by atoms with Gasteiger partial charge in [0.1, 0.15) is 12.4 Å². The molecule has 1 aromatic carbocycles. The summed E-state index contributed by atoms with van der Waals surface area (Å²) in [5.74, 6) is 0.751. The summed E-state index contributed by atoms with van der Waals surface area (Å²) in [4.78, 5) is 10.8. The molecule has 3 N–H and O–H groups in total. The second-order valence-electron chi connectivity index (χ2n) is 4.03. The molecule has 1 unspecified atom stereocenters. The van der Waals surface area contributed by atoms with Crippen LogP contribution in [0.2, 0.25) is 0 Å². The van der Waals surface area contributed by atoms with Crippen LogP contribution in [0.15, 0.2) is 18.2 Å². The predicted octanol–water partition coefficient (Wildman–Crippen LogP) is 0.941. The number of benzene rings is 1. The SMILES string of the molecule is Cc1ccc(OCC2CNC(=O)O2)c(CN)c1. The fourth-order valence-electron chi connectivity index (χ4n) is 1.72. The van der Waals surface area contributed by atoms with Crippen LogP contribution in [0.4, 0.5) is 4.79 Å². The summed E-state index contributed by atoms with van der Waals surface area (Å²) in [5.41, 5.74) is 7.75. The first kappa shape index (κ1) is 11.7. The molecule has 0 radical (unpaired) electrons. The molecule has 0 bridgehead atoms. The van der Waals surface area contributed by atoms with Crippen molar-refractivity contribution in [1.29, 1.82) is 0 Å². The molecular weight excluding hydrogens is 220 g/mol. The Kier molecular flexibility index (Phi) is 3.49. The normalized spacial score (nSPS) is 18.7. The van der Waals surface area contributed by atoms with Crippen LogP contribution in [0.25, 0.3) is 0 Å². The van der Waals surface area contributed by atoms with Crippen molar-refractivity contribution >= 4 is 6.09 Å². The molecule has 1 heterocycles. The maximum atomic E-state index is 10.8. The Balaban J connectivity index is 1.96. The predicted molar refractivity (Wildman–Crippen MR) is 62.8 cm³/mol. The number of hydrogen-bond donors (Lipinski definition) is 2. The lowest BCUT2D eigenvalue weighted by molar-refractivity contribution is 0.104. The fourth-order valence-corrected chi connectivity index (χ4v) is 1.72. The minimum atomic E-state index is -0.387. The molecule has 1 atom stereocenters. The first-order valence-electron chi connectivity index (χ1n) is 5.56. The van der Waals surface area contributed by atoms with Crippen molar-refractivity contribution in [1.82, 2.24) is 5.32 Å². The van der Waals surface area contributed by atoms with Gasteiger partial charge in [0, 0.05) is 12.1 Å². The van der Waals surface area contributed by atoms with E-state index in [0.717, 1.165) is 16.9 Å². The smallest absolute Gasteiger partial charge is 0.407 e. The Morgan fingerprint density at radius 1 is 1.59 bits per heavy atom. The van der Waals surface area contributed by atoms with E-state index in [2.05, 4.69) is 5.32 Å². The second-order valence-corrected chi connectivity index (χ2v) is 4.03. The van der Waals surface area contributed by atoms with Gasteiger partial charge in [-0.05, 0) is 13.0 Å². The average molecular weight is 236 g/mol. The van der Waals surface area contributed by atoms with Gasteiger partial charge in [-0.3, -0.25) is 0 Å². The number of alkyl carbamates (subject to hydrolysis) is 1. The van der Waals surface area contributed by atoms with Crippen LogP contribution < -0.4 is 15.8 Å². The molecule has 0 spiro atoms. The van der Waals surface area contributed by atoms with E-state index in [9.17, 15) is 4.79 Å². The van der Waals surface area contributed by atoms with Crippen molar-refractivity contribution in [2.75, 3.05) is 13.2 Å². The number of aryl methyl sites for hydroxylation is 1. The van der Waals surface area contributed by atoms with E-state index in [1.807, 2.05) is 25.1 Å². The fraction of sp³-hybridized carbons (Fsp3) is 0.417. The molecule has 1 saturated heterocycles. The molecule has 1 aliphatic rings. The van der Waals surface area contributed by atoms with E-state index in [1.165, 1.54) is 0 Å². The lowest BCUT2D eigenvalue weighted by Crippen LogP contribution is -2.22. The standard InChI is InChI=1S/C12H16N2O3/c1-8-2-3-11(9(4-8)5-13)16-7-10-6-14-12(15)17-10/h2-4,10H,5-7,13H2,1H3,(H,14,15). The number of nitrogens with two attached hydrogens (primary N) is 1. The molecule has 0 aliphatic carbocycles. The largest absolute Gasteiger partial charge is 0.489 e. The van der Waals surface area contributed by atoms with Gasteiger partial charge in [0.15, 0.2) is 6.10 Å². The van der Waals surface area contributed by atoms with Crippen LogP contribution >= 0.6 is 0 Å². The Bertz CT molecular complexity index is 420. The van der Waals surface area contributed by atoms with Crippen LogP contribution in [0.3, 0.4) is 0 Å². The molecule has 1 aromatic rings. The van der Waals surface area contributed by atoms with Crippen molar-refractivity contribution in [3.05, 3.63) is 29.3 Å². The van der Waals surface area contributed by atoms with E-state index < -0.39 is 0 Å². The molecule has 1 aliphatic heterocycles. The molecule has 5 heteroatoms. The molecule has 0 saturated carbocycles. The van der Waals surface area contributed by atoms with E-state index in [1.54, 1.807) is 0 Å². The number of rotatable bonds is 4. The van der Waals surface area contributed by atoms with Crippen molar-refractivity contribution < 1.29 is 14.3 Å². The Hall–Kier alpha value is -1.75. The highest BCUT2D eigenvalue weighted by molar-refractivity contribution is 5.69. The van der Waals surface area contributed by atoms with Crippen LogP contribution in [0.5, 0.6) is 5.75 Å². The van der Waals surface area contributed by atoms with E-state index >= 15 is 0 Å². The molecule has 17 heavy (non-hydrogen) atoms. The highest BCUT2D eigenvalue weighted by atomic mass is 16.6. The van der Waals surface area contributed by atoms with Gasteiger partial charge >= 0.3 is 6.09 Å². The van der Waals surface area contributed by atoms with Crippen LogP contribution in [-0.2, 0) is 11.3 Å². The Labute approximate surface area is 99.9 Å². The molecular formula is C12H16N2O3. The van der Waals surface area contributed by atoms with Crippen molar-refractivity contribution in [3.63, 3.8) is 0 Å². The average Bonchev–Trinajstić information content (AvgIpc) is 2.73. The second kappa shape index (κ2) is 5.05. The lowest BCUT2D eigenvalue weighted by atomic mass is 10.1. The highest BCUT2D eigenvalue weighted by Gasteiger charge is 2.23. The third kappa shape index (κ3) is 2.88. The number of carbonyl (C=O) groups is 1. The van der Waals surface area contributed by atoms with Crippen LogP contribution in [-0.4, -0.2) is 25.3 Å². The number of cyclic esters (lactones) is 1. The number of nitrogens with one attached hydrogen (secondary N) is 1. The van der Waals surface area contributed by atoms with Gasteiger partial charge in [-0.15, -0.1) is 0 Å². The summed E-state index contributed by atoms with van der Waals surface area (Å²) >= 11 is 0. The van der Waals surface area contributed by atoms with E-state index in [0.29, 0.717) is 19.7 Å². The summed E-state index contributed by atoms with van der Waals surface area (Å²) in [6, 6.07) is 5.85. The highest BCUT2D eigenvalue weighted by Crippen LogP contribution is 2.20. The third-order valence-corrected chi connectivity index (χ3v) is 2.61. The number of ether oxygens (including phenoxy) is 2. The summed E-state index contributed by atoms with van der Waals surface area (Å²) < 4.78 is 10.6. The number of carbonyl (C=O) groups excluding carboxylic acids is 1. The maximum absolute atomic E-state index is 10.8. The van der Waals surface area contributed by atoms with Crippen molar-refractivity contribution in [3.8, 4) is 5.75 Å². The molecule has 0 aromatic heterocycles.